The van der Waals surface area contributed by atoms with Crippen molar-refractivity contribution in [2.75, 3.05) is 6.54 Å². The molecule has 2 fully saturated rings. The highest BCUT2D eigenvalue weighted by Crippen LogP contribution is 2.40. The van der Waals surface area contributed by atoms with E-state index in [2.05, 4.69) is 29.2 Å². The number of hydrogen-bond acceptors (Lipinski definition) is 2. The van der Waals surface area contributed by atoms with Gasteiger partial charge >= 0.3 is 0 Å². The van der Waals surface area contributed by atoms with E-state index in [-0.39, 0.29) is 0 Å². The largest absolute Gasteiger partial charge is 0.457 e. The molecule has 2 nitrogen and oxygen atoms in total. The molecule has 22 heavy (non-hydrogen) atoms. The van der Waals surface area contributed by atoms with Crippen LogP contribution in [0.2, 0.25) is 0 Å². The van der Waals surface area contributed by atoms with Crippen LogP contribution in [0, 0.1) is 0 Å². The Kier molecular flexibility index (Phi) is 3.86. The minimum absolute atomic E-state index is 0.621. The van der Waals surface area contributed by atoms with E-state index in [1.54, 1.807) is 0 Å². The molecule has 2 aromatic rings. The zero-order valence-electron chi connectivity index (χ0n) is 12.9. The lowest BCUT2D eigenvalue weighted by Gasteiger charge is -2.34. The van der Waals surface area contributed by atoms with Gasteiger partial charge in [-0.3, -0.25) is 4.90 Å². The van der Waals surface area contributed by atoms with E-state index in [4.69, 9.17) is 4.74 Å². The molecule has 1 unspecified atom stereocenters. The molecular weight excluding hydrogens is 270 g/mol. The quantitative estimate of drug-likeness (QED) is 0.774. The monoisotopic (exact) mass is 293 g/mol. The third-order valence-corrected chi connectivity index (χ3v) is 5.09. The highest BCUT2D eigenvalue weighted by Gasteiger charge is 2.35. The predicted molar refractivity (Wildman–Crippen MR) is 89.3 cm³/mol. The molecule has 0 N–H and O–H groups in total. The number of ether oxygens (including phenoxy) is 1. The van der Waals surface area contributed by atoms with Crippen LogP contribution < -0.4 is 4.74 Å². The predicted octanol–water partition coefficient (Wildman–Crippen LogP) is 5.17. The van der Waals surface area contributed by atoms with Crippen LogP contribution >= 0.6 is 0 Å². The molecule has 2 aromatic carbocycles. The summed E-state index contributed by atoms with van der Waals surface area (Å²) in [4.78, 5) is 2.73. The number of fused-ring (bicyclic) bond motifs is 1. The van der Waals surface area contributed by atoms with Crippen LogP contribution in [0.4, 0.5) is 0 Å². The Morgan fingerprint density at radius 1 is 0.773 bits per heavy atom. The summed E-state index contributed by atoms with van der Waals surface area (Å²) >= 11 is 0. The van der Waals surface area contributed by atoms with Gasteiger partial charge in [0, 0.05) is 12.1 Å². The zero-order chi connectivity index (χ0) is 14.8. The Morgan fingerprint density at radius 3 is 2.36 bits per heavy atom. The van der Waals surface area contributed by atoms with Crippen molar-refractivity contribution in [1.82, 2.24) is 4.90 Å². The third-order valence-electron chi connectivity index (χ3n) is 5.09. The molecule has 0 bridgehead atoms. The number of rotatable bonds is 3. The van der Waals surface area contributed by atoms with Gasteiger partial charge in [-0.2, -0.15) is 0 Å². The molecule has 2 saturated heterocycles. The van der Waals surface area contributed by atoms with E-state index < -0.39 is 0 Å². The Morgan fingerprint density at radius 2 is 1.55 bits per heavy atom. The van der Waals surface area contributed by atoms with Crippen molar-refractivity contribution in [2.24, 2.45) is 0 Å². The zero-order valence-corrected chi connectivity index (χ0v) is 12.9. The van der Waals surface area contributed by atoms with Gasteiger partial charge in [-0.1, -0.05) is 36.8 Å². The summed E-state index contributed by atoms with van der Waals surface area (Å²) in [6, 6.07) is 20.2. The average Bonchev–Trinajstić information content (AvgIpc) is 3.01. The number of hydrogen-bond donors (Lipinski definition) is 0. The second-order valence-electron chi connectivity index (χ2n) is 6.46. The van der Waals surface area contributed by atoms with Crippen LogP contribution in [-0.4, -0.2) is 17.5 Å². The Bertz CT molecular complexity index is 607. The second kappa shape index (κ2) is 6.13. The maximum atomic E-state index is 5.89. The first-order chi connectivity index (χ1) is 10.9. The van der Waals surface area contributed by atoms with Crippen molar-refractivity contribution in [3.8, 4) is 11.5 Å². The van der Waals surface area contributed by atoms with Gasteiger partial charge in [0.2, 0.25) is 0 Å². The molecule has 0 saturated carbocycles. The lowest BCUT2D eigenvalue weighted by molar-refractivity contribution is 0.150. The van der Waals surface area contributed by atoms with Crippen LogP contribution in [0.15, 0.2) is 54.6 Å². The Balaban J connectivity index is 1.48. The average molecular weight is 293 g/mol. The van der Waals surface area contributed by atoms with Gasteiger partial charge in [-0.15, -0.1) is 0 Å². The molecule has 2 heterocycles. The van der Waals surface area contributed by atoms with E-state index in [1.807, 2.05) is 30.3 Å². The van der Waals surface area contributed by atoms with E-state index in [1.165, 1.54) is 44.2 Å². The molecule has 2 heteroatoms. The van der Waals surface area contributed by atoms with Gasteiger partial charge in [-0.25, -0.2) is 0 Å². The summed E-state index contributed by atoms with van der Waals surface area (Å²) in [5.74, 6) is 1.82. The van der Waals surface area contributed by atoms with Crippen LogP contribution in [0.1, 0.15) is 43.7 Å². The number of piperidine rings is 1. The smallest absolute Gasteiger partial charge is 0.127 e. The molecule has 0 aliphatic carbocycles. The SMILES string of the molecule is c1ccc(Oc2ccc(C3CC[C@H]4CCCCN34)cc2)cc1. The van der Waals surface area contributed by atoms with Crippen molar-refractivity contribution >= 4 is 0 Å². The maximum Gasteiger partial charge on any atom is 0.127 e. The fourth-order valence-electron chi connectivity index (χ4n) is 4.00. The van der Waals surface area contributed by atoms with E-state index in [0.717, 1.165) is 17.5 Å². The van der Waals surface area contributed by atoms with Crippen molar-refractivity contribution < 1.29 is 4.74 Å². The van der Waals surface area contributed by atoms with E-state index >= 15 is 0 Å². The van der Waals surface area contributed by atoms with Crippen molar-refractivity contribution in [2.45, 2.75) is 44.2 Å². The third kappa shape index (κ3) is 2.76. The molecule has 4 rings (SSSR count). The molecule has 114 valence electrons. The van der Waals surface area contributed by atoms with Gasteiger partial charge in [0.15, 0.2) is 0 Å². The molecular formula is C20H23NO. The van der Waals surface area contributed by atoms with E-state index in [0.29, 0.717) is 6.04 Å². The van der Waals surface area contributed by atoms with Gasteiger partial charge in [0.1, 0.15) is 11.5 Å². The van der Waals surface area contributed by atoms with Crippen LogP contribution in [0.25, 0.3) is 0 Å². The van der Waals surface area contributed by atoms with Gasteiger partial charge < -0.3 is 4.74 Å². The Labute approximate surface area is 132 Å². The summed E-state index contributed by atoms with van der Waals surface area (Å²) < 4.78 is 5.89. The van der Waals surface area contributed by atoms with Crippen LogP contribution in [0.5, 0.6) is 11.5 Å². The number of benzene rings is 2. The lowest BCUT2D eigenvalue weighted by atomic mass is 10.0. The normalized spacial score (nSPS) is 24.9. The van der Waals surface area contributed by atoms with Gasteiger partial charge in [0.25, 0.3) is 0 Å². The second-order valence-corrected chi connectivity index (χ2v) is 6.46. The topological polar surface area (TPSA) is 12.5 Å². The molecule has 2 aliphatic heterocycles. The fraction of sp³-hybridized carbons (Fsp3) is 0.400. The van der Waals surface area contributed by atoms with Crippen molar-refractivity contribution in [1.29, 1.82) is 0 Å². The molecule has 0 spiro atoms. The summed E-state index contributed by atoms with van der Waals surface area (Å²) in [5.41, 5.74) is 1.45. The van der Waals surface area contributed by atoms with Crippen LogP contribution in [-0.2, 0) is 0 Å². The van der Waals surface area contributed by atoms with Crippen molar-refractivity contribution in [3.63, 3.8) is 0 Å². The number of nitrogens with zero attached hydrogens (tertiary/aromatic N) is 1. The summed E-state index contributed by atoms with van der Waals surface area (Å²) in [5, 5.41) is 0. The van der Waals surface area contributed by atoms with Crippen LogP contribution in [0.3, 0.4) is 0 Å². The minimum atomic E-state index is 0.621. The molecule has 2 aliphatic rings. The first kappa shape index (κ1) is 13.8. The Hall–Kier alpha value is -1.80. The summed E-state index contributed by atoms with van der Waals surface area (Å²) in [6.45, 7) is 1.28. The molecule has 0 amide bonds. The van der Waals surface area contributed by atoms with Gasteiger partial charge in [0.05, 0.1) is 0 Å². The molecule has 0 radical (unpaired) electrons. The molecule has 0 aromatic heterocycles. The first-order valence-electron chi connectivity index (χ1n) is 8.49. The highest BCUT2D eigenvalue weighted by molar-refractivity contribution is 5.34. The summed E-state index contributed by atoms with van der Waals surface area (Å²) in [6.07, 6.45) is 6.85. The lowest BCUT2D eigenvalue weighted by Crippen LogP contribution is -2.35. The number of para-hydroxylation sites is 1. The summed E-state index contributed by atoms with van der Waals surface area (Å²) in [7, 11) is 0. The molecule has 2 atom stereocenters. The maximum absolute atomic E-state index is 5.89. The fourth-order valence-corrected chi connectivity index (χ4v) is 4.00. The minimum Gasteiger partial charge on any atom is -0.457 e. The van der Waals surface area contributed by atoms with Gasteiger partial charge in [-0.05, 0) is 62.1 Å². The first-order valence-corrected chi connectivity index (χ1v) is 8.49. The van der Waals surface area contributed by atoms with Crippen molar-refractivity contribution in [3.05, 3.63) is 60.2 Å². The standard InChI is InChI=1S/C20H23NO/c1-2-7-18(8-3-1)22-19-12-9-16(10-13-19)20-14-11-17-6-4-5-15-21(17)20/h1-3,7-10,12-13,17,20H,4-6,11,14-15H2/t17-,20?/m1/s1. The van der Waals surface area contributed by atoms with E-state index in [9.17, 15) is 0 Å². The highest BCUT2D eigenvalue weighted by atomic mass is 16.5.